The molecular formula is C18H23NO2. The van der Waals surface area contributed by atoms with E-state index in [1.54, 1.807) is 4.90 Å². The molecule has 2 fully saturated rings. The fourth-order valence-corrected chi connectivity index (χ4v) is 4.79. The van der Waals surface area contributed by atoms with Crippen LogP contribution >= 0.6 is 0 Å². The van der Waals surface area contributed by atoms with Crippen molar-refractivity contribution in [2.24, 2.45) is 17.8 Å². The van der Waals surface area contributed by atoms with Gasteiger partial charge in [-0.1, -0.05) is 18.6 Å². The van der Waals surface area contributed by atoms with Crippen LogP contribution in [0.2, 0.25) is 0 Å². The van der Waals surface area contributed by atoms with Crippen LogP contribution in [0.5, 0.6) is 0 Å². The summed E-state index contributed by atoms with van der Waals surface area (Å²) in [5.41, 5.74) is 3.04. The van der Waals surface area contributed by atoms with E-state index in [1.807, 2.05) is 25.2 Å². The monoisotopic (exact) mass is 285 g/mol. The lowest BCUT2D eigenvalue weighted by molar-refractivity contribution is -0.117. The van der Waals surface area contributed by atoms with Crippen LogP contribution in [-0.2, 0) is 11.2 Å². The van der Waals surface area contributed by atoms with Gasteiger partial charge >= 0.3 is 0 Å². The Hall–Kier alpha value is -1.35. The molecule has 2 aliphatic carbocycles. The number of aliphatic hydroxyl groups excluding tert-OH is 1. The molecule has 1 amide bonds. The molecule has 0 saturated heterocycles. The lowest BCUT2D eigenvalue weighted by atomic mass is 9.83. The number of carbonyl (C=O) groups is 1. The zero-order valence-corrected chi connectivity index (χ0v) is 12.6. The Balaban J connectivity index is 1.49. The third-order valence-corrected chi connectivity index (χ3v) is 5.98. The van der Waals surface area contributed by atoms with Crippen LogP contribution in [0.3, 0.4) is 0 Å². The summed E-state index contributed by atoms with van der Waals surface area (Å²) in [7, 11) is 1.82. The maximum absolute atomic E-state index is 11.7. The van der Waals surface area contributed by atoms with Crippen molar-refractivity contribution >= 4 is 11.6 Å². The van der Waals surface area contributed by atoms with Crippen molar-refractivity contribution in [3.63, 3.8) is 0 Å². The molecule has 3 heteroatoms. The fraction of sp³-hybridized carbons (Fsp3) is 0.611. The van der Waals surface area contributed by atoms with Crippen LogP contribution in [0.1, 0.15) is 49.3 Å². The molecule has 1 aromatic rings. The molecule has 4 atom stereocenters. The molecule has 2 saturated carbocycles. The topological polar surface area (TPSA) is 40.5 Å². The molecule has 2 bridgehead atoms. The van der Waals surface area contributed by atoms with E-state index in [1.165, 1.54) is 25.7 Å². The van der Waals surface area contributed by atoms with Crippen molar-refractivity contribution in [3.8, 4) is 0 Å². The zero-order valence-electron chi connectivity index (χ0n) is 12.6. The van der Waals surface area contributed by atoms with Gasteiger partial charge in [0.1, 0.15) is 0 Å². The predicted octanol–water partition coefficient (Wildman–Crippen LogP) is 3.07. The second-order valence-corrected chi connectivity index (χ2v) is 7.20. The second-order valence-electron chi connectivity index (χ2n) is 7.20. The third-order valence-electron chi connectivity index (χ3n) is 5.98. The van der Waals surface area contributed by atoms with Crippen LogP contribution < -0.4 is 4.90 Å². The van der Waals surface area contributed by atoms with Crippen molar-refractivity contribution < 1.29 is 9.90 Å². The largest absolute Gasteiger partial charge is 0.388 e. The minimum atomic E-state index is -0.374. The van der Waals surface area contributed by atoms with E-state index in [0.29, 0.717) is 12.3 Å². The van der Waals surface area contributed by atoms with Crippen molar-refractivity contribution in [3.05, 3.63) is 29.3 Å². The lowest BCUT2D eigenvalue weighted by Crippen LogP contribution is -2.20. The Bertz CT molecular complexity index is 583. The summed E-state index contributed by atoms with van der Waals surface area (Å²) in [6.45, 7) is 0. The number of fused-ring (bicyclic) bond motifs is 3. The zero-order chi connectivity index (χ0) is 14.6. The SMILES string of the molecule is CN1C(=O)Cc2cc(C(O)CC3CC4CCC3C4)ccc21. The first-order valence-corrected chi connectivity index (χ1v) is 8.19. The van der Waals surface area contributed by atoms with E-state index < -0.39 is 0 Å². The Kier molecular flexibility index (Phi) is 3.07. The minimum absolute atomic E-state index is 0.143. The van der Waals surface area contributed by atoms with Gasteiger partial charge < -0.3 is 10.0 Å². The Morgan fingerprint density at radius 2 is 2.19 bits per heavy atom. The number of likely N-dealkylation sites (N-methyl/N-ethyl adjacent to an activating group) is 1. The molecule has 0 aromatic heterocycles. The average Bonchev–Trinajstić information content (AvgIpc) is 3.15. The molecule has 1 N–H and O–H groups in total. The number of nitrogens with zero attached hydrogens (tertiary/aromatic N) is 1. The first kappa shape index (κ1) is 13.3. The molecule has 1 aromatic carbocycles. The number of hydrogen-bond acceptors (Lipinski definition) is 2. The summed E-state index contributed by atoms with van der Waals surface area (Å²) in [5.74, 6) is 2.63. The molecule has 1 heterocycles. The molecule has 3 nitrogen and oxygen atoms in total. The molecule has 4 rings (SSSR count). The number of rotatable bonds is 3. The second kappa shape index (κ2) is 4.84. The third kappa shape index (κ3) is 2.18. The van der Waals surface area contributed by atoms with Gasteiger partial charge in [-0.2, -0.15) is 0 Å². The van der Waals surface area contributed by atoms with Crippen molar-refractivity contribution in [1.82, 2.24) is 0 Å². The highest BCUT2D eigenvalue weighted by Gasteiger charge is 2.40. The number of amides is 1. The molecule has 1 aliphatic heterocycles. The first-order chi connectivity index (χ1) is 10.1. The normalized spacial score (nSPS) is 31.8. The van der Waals surface area contributed by atoms with Gasteiger partial charge in [-0.25, -0.2) is 0 Å². The molecule has 0 radical (unpaired) electrons. The molecule has 112 valence electrons. The summed E-state index contributed by atoms with van der Waals surface area (Å²) in [6.07, 6.45) is 6.47. The lowest BCUT2D eigenvalue weighted by Gasteiger charge is -2.24. The average molecular weight is 285 g/mol. The molecule has 21 heavy (non-hydrogen) atoms. The van der Waals surface area contributed by atoms with Crippen molar-refractivity contribution in [2.75, 3.05) is 11.9 Å². The maximum Gasteiger partial charge on any atom is 0.231 e. The number of carbonyl (C=O) groups excluding carboxylic acids is 1. The van der Waals surface area contributed by atoms with E-state index in [4.69, 9.17) is 0 Å². The summed E-state index contributed by atoms with van der Waals surface area (Å²) in [4.78, 5) is 13.5. The Morgan fingerprint density at radius 1 is 1.33 bits per heavy atom. The predicted molar refractivity (Wildman–Crippen MR) is 82.1 cm³/mol. The number of anilines is 1. The van der Waals surface area contributed by atoms with Crippen LogP contribution in [0, 0.1) is 17.8 Å². The minimum Gasteiger partial charge on any atom is -0.388 e. The van der Waals surface area contributed by atoms with Gasteiger partial charge in [0.2, 0.25) is 5.91 Å². The Labute approximate surface area is 126 Å². The van der Waals surface area contributed by atoms with Crippen LogP contribution in [0.15, 0.2) is 18.2 Å². The van der Waals surface area contributed by atoms with Crippen LogP contribution in [0.25, 0.3) is 0 Å². The van der Waals surface area contributed by atoms with Gasteiger partial charge in [0.05, 0.1) is 12.5 Å². The van der Waals surface area contributed by atoms with Gasteiger partial charge in [-0.05, 0) is 60.6 Å². The number of benzene rings is 1. The van der Waals surface area contributed by atoms with E-state index in [-0.39, 0.29) is 12.0 Å². The quantitative estimate of drug-likeness (QED) is 0.927. The highest BCUT2D eigenvalue weighted by atomic mass is 16.3. The molecule has 4 unspecified atom stereocenters. The van der Waals surface area contributed by atoms with E-state index in [2.05, 4.69) is 0 Å². The van der Waals surface area contributed by atoms with E-state index in [0.717, 1.165) is 35.1 Å². The molecular weight excluding hydrogens is 262 g/mol. The fourth-order valence-electron chi connectivity index (χ4n) is 4.79. The highest BCUT2D eigenvalue weighted by molar-refractivity contribution is 6.00. The number of hydrogen-bond donors (Lipinski definition) is 1. The summed E-state index contributed by atoms with van der Waals surface area (Å²) < 4.78 is 0. The van der Waals surface area contributed by atoms with Crippen molar-refractivity contribution in [1.29, 1.82) is 0 Å². The van der Waals surface area contributed by atoms with E-state index >= 15 is 0 Å². The van der Waals surface area contributed by atoms with Gasteiger partial charge in [0.25, 0.3) is 0 Å². The van der Waals surface area contributed by atoms with E-state index in [9.17, 15) is 9.90 Å². The molecule has 0 spiro atoms. The Morgan fingerprint density at radius 3 is 2.90 bits per heavy atom. The number of aliphatic hydroxyl groups is 1. The van der Waals surface area contributed by atoms with Gasteiger partial charge in [0.15, 0.2) is 0 Å². The van der Waals surface area contributed by atoms with Gasteiger partial charge in [0, 0.05) is 12.7 Å². The first-order valence-electron chi connectivity index (χ1n) is 8.19. The standard InChI is InChI=1S/C18H23NO2/c1-19-16-5-4-13(8-15(16)10-18(19)21)17(20)9-14-7-11-2-3-12(14)6-11/h4-5,8,11-12,14,17,20H,2-3,6-7,9-10H2,1H3. The maximum atomic E-state index is 11.7. The van der Waals surface area contributed by atoms with Crippen LogP contribution in [-0.4, -0.2) is 18.1 Å². The molecule has 3 aliphatic rings. The summed E-state index contributed by atoms with van der Waals surface area (Å²) in [5, 5.41) is 10.6. The smallest absolute Gasteiger partial charge is 0.231 e. The van der Waals surface area contributed by atoms with Gasteiger partial charge in [-0.15, -0.1) is 0 Å². The summed E-state index contributed by atoms with van der Waals surface area (Å²) in [6, 6.07) is 6.01. The van der Waals surface area contributed by atoms with Crippen molar-refractivity contribution in [2.45, 2.75) is 44.6 Å². The summed E-state index contributed by atoms with van der Waals surface area (Å²) >= 11 is 0. The van der Waals surface area contributed by atoms with Crippen LogP contribution in [0.4, 0.5) is 5.69 Å². The van der Waals surface area contributed by atoms with Gasteiger partial charge in [-0.3, -0.25) is 4.79 Å². The highest BCUT2D eigenvalue weighted by Crippen LogP contribution is 2.51.